The van der Waals surface area contributed by atoms with Gasteiger partial charge in [-0.3, -0.25) is 4.57 Å². The Kier molecular flexibility index (Phi) is 2.74. The van der Waals surface area contributed by atoms with Gasteiger partial charge in [-0.2, -0.15) is 0 Å². The molecule has 0 radical (unpaired) electrons. The Balaban J connectivity index is 2.61. The van der Waals surface area contributed by atoms with Crippen LogP contribution in [0.4, 0.5) is 5.95 Å². The minimum absolute atomic E-state index is 0.00975. The first-order chi connectivity index (χ1) is 7.88. The Bertz CT molecular complexity index is 584. The van der Waals surface area contributed by atoms with Gasteiger partial charge in [-0.25, -0.2) is 9.97 Å². The maximum Gasteiger partial charge on any atom is 0.360 e. The summed E-state index contributed by atoms with van der Waals surface area (Å²) in [6.45, 7) is 1.70. The lowest BCUT2D eigenvalue weighted by Gasteiger charge is -2.05. The highest BCUT2D eigenvalue weighted by Crippen LogP contribution is 2.38. The lowest BCUT2D eigenvalue weighted by molar-refractivity contribution is 0.387. The third-order valence-corrected chi connectivity index (χ3v) is 3.04. The van der Waals surface area contributed by atoms with Crippen LogP contribution in [-0.2, 0) is 4.57 Å². The molecule has 2 aromatic rings. The molecule has 0 unspecified atom stereocenters. The number of anilines is 1. The minimum Gasteiger partial charge on any atom is -0.462 e. The molecule has 90 valence electrons. The van der Waals surface area contributed by atoms with E-state index in [4.69, 9.17) is 19.9 Å². The van der Waals surface area contributed by atoms with Crippen molar-refractivity contribution in [3.63, 3.8) is 0 Å². The van der Waals surface area contributed by atoms with Crippen LogP contribution < -0.4 is 11.0 Å². The summed E-state index contributed by atoms with van der Waals surface area (Å²) in [7, 11) is -4.40. The highest BCUT2D eigenvalue weighted by molar-refractivity contribution is 7.60. The third kappa shape index (κ3) is 2.36. The predicted octanol–water partition coefficient (Wildman–Crippen LogP) is 0.430. The van der Waals surface area contributed by atoms with Gasteiger partial charge in [0.15, 0.2) is 5.76 Å². The molecule has 0 saturated carbocycles. The largest absolute Gasteiger partial charge is 0.462 e. The maximum absolute atomic E-state index is 11.2. The Labute approximate surface area is 96.5 Å². The minimum atomic E-state index is -4.40. The van der Waals surface area contributed by atoms with Crippen molar-refractivity contribution in [1.29, 1.82) is 0 Å². The number of aryl methyl sites for hydroxylation is 1. The fraction of sp³-hybridized carbons (Fsp3) is 0.111. The molecule has 0 spiro atoms. The van der Waals surface area contributed by atoms with Gasteiger partial charge in [-0.15, -0.1) is 0 Å². The first-order valence-electron chi connectivity index (χ1n) is 4.63. The van der Waals surface area contributed by atoms with Gasteiger partial charge in [-0.05, 0) is 19.1 Å². The standard InChI is InChI=1S/C9H10N3O4P/c1-5-4-6(12-9(10)11-5)8-7(2-3-16-8)17(13,14)15/h2-4H,1H3,(H2,10,11,12)(H2,13,14,15). The summed E-state index contributed by atoms with van der Waals surface area (Å²) in [6, 6.07) is 2.75. The number of nitrogen functional groups attached to an aromatic ring is 1. The molecule has 0 saturated heterocycles. The van der Waals surface area contributed by atoms with Crippen molar-refractivity contribution in [3.05, 3.63) is 24.1 Å². The van der Waals surface area contributed by atoms with E-state index in [1.807, 2.05) is 0 Å². The van der Waals surface area contributed by atoms with Gasteiger partial charge in [0.25, 0.3) is 0 Å². The van der Waals surface area contributed by atoms with E-state index in [9.17, 15) is 4.57 Å². The van der Waals surface area contributed by atoms with Crippen LogP contribution in [0, 0.1) is 6.92 Å². The fourth-order valence-corrected chi connectivity index (χ4v) is 2.12. The third-order valence-electron chi connectivity index (χ3n) is 2.06. The molecule has 2 rings (SSSR count). The van der Waals surface area contributed by atoms with Crippen LogP contribution in [0.15, 0.2) is 22.8 Å². The lowest BCUT2D eigenvalue weighted by atomic mass is 10.3. The molecular weight excluding hydrogens is 245 g/mol. The molecule has 0 aliphatic rings. The van der Waals surface area contributed by atoms with E-state index in [0.717, 1.165) is 0 Å². The molecule has 2 aromatic heterocycles. The van der Waals surface area contributed by atoms with Crippen molar-refractivity contribution in [3.8, 4) is 11.5 Å². The summed E-state index contributed by atoms with van der Waals surface area (Å²) in [4.78, 5) is 26.0. The Morgan fingerprint density at radius 1 is 1.41 bits per heavy atom. The van der Waals surface area contributed by atoms with E-state index in [1.54, 1.807) is 6.92 Å². The van der Waals surface area contributed by atoms with Crippen LogP contribution in [0.2, 0.25) is 0 Å². The van der Waals surface area contributed by atoms with Crippen molar-refractivity contribution in [2.75, 3.05) is 5.73 Å². The molecule has 0 amide bonds. The number of rotatable bonds is 2. The van der Waals surface area contributed by atoms with Gasteiger partial charge in [0.05, 0.1) is 6.26 Å². The second-order valence-corrected chi connectivity index (χ2v) is 5.00. The normalized spacial score (nSPS) is 11.7. The summed E-state index contributed by atoms with van der Waals surface area (Å²) >= 11 is 0. The van der Waals surface area contributed by atoms with Crippen LogP contribution in [0.25, 0.3) is 11.5 Å². The molecule has 0 bridgehead atoms. The summed E-state index contributed by atoms with van der Waals surface area (Å²) in [6.07, 6.45) is 1.19. The highest BCUT2D eigenvalue weighted by Gasteiger charge is 2.26. The smallest absolute Gasteiger partial charge is 0.360 e. The Morgan fingerprint density at radius 3 is 2.71 bits per heavy atom. The highest BCUT2D eigenvalue weighted by atomic mass is 31.2. The average Bonchev–Trinajstić information content (AvgIpc) is 2.63. The van der Waals surface area contributed by atoms with E-state index in [0.29, 0.717) is 5.69 Å². The zero-order valence-corrected chi connectivity index (χ0v) is 9.76. The zero-order valence-electron chi connectivity index (χ0n) is 8.86. The quantitative estimate of drug-likeness (QED) is 0.665. The molecule has 2 heterocycles. The van der Waals surface area contributed by atoms with Gasteiger partial charge < -0.3 is 19.9 Å². The van der Waals surface area contributed by atoms with Crippen molar-refractivity contribution in [1.82, 2.24) is 9.97 Å². The van der Waals surface area contributed by atoms with Crippen LogP contribution in [-0.4, -0.2) is 19.8 Å². The summed E-state index contributed by atoms with van der Waals surface area (Å²) in [5.74, 6) is 0.0311. The molecule has 4 N–H and O–H groups in total. The molecule has 0 fully saturated rings. The van der Waals surface area contributed by atoms with E-state index in [-0.39, 0.29) is 22.7 Å². The fourth-order valence-electron chi connectivity index (χ4n) is 1.43. The van der Waals surface area contributed by atoms with Crippen molar-refractivity contribution < 1.29 is 18.8 Å². The molecule has 0 atom stereocenters. The monoisotopic (exact) mass is 255 g/mol. The predicted molar refractivity (Wildman–Crippen MR) is 60.6 cm³/mol. The van der Waals surface area contributed by atoms with E-state index >= 15 is 0 Å². The second-order valence-electron chi connectivity index (χ2n) is 3.43. The van der Waals surface area contributed by atoms with Crippen molar-refractivity contribution in [2.24, 2.45) is 0 Å². The summed E-state index contributed by atoms with van der Waals surface area (Å²) in [5, 5.41) is -0.213. The van der Waals surface area contributed by atoms with Gasteiger partial charge in [0.1, 0.15) is 11.0 Å². The SMILES string of the molecule is Cc1cc(-c2occc2P(=O)(O)O)nc(N)n1. The van der Waals surface area contributed by atoms with Gasteiger partial charge in [-0.1, -0.05) is 0 Å². The molecule has 0 aliphatic heterocycles. The van der Waals surface area contributed by atoms with Gasteiger partial charge in [0, 0.05) is 5.69 Å². The number of hydrogen-bond donors (Lipinski definition) is 3. The number of nitrogens with two attached hydrogens (primary N) is 1. The first kappa shape index (κ1) is 11.8. The van der Waals surface area contributed by atoms with E-state index < -0.39 is 7.60 Å². The topological polar surface area (TPSA) is 122 Å². The molecule has 7 nitrogen and oxygen atoms in total. The van der Waals surface area contributed by atoms with Crippen molar-refractivity contribution in [2.45, 2.75) is 6.92 Å². The van der Waals surface area contributed by atoms with Crippen LogP contribution in [0.3, 0.4) is 0 Å². The van der Waals surface area contributed by atoms with Gasteiger partial charge in [0.2, 0.25) is 5.95 Å². The maximum atomic E-state index is 11.2. The Morgan fingerprint density at radius 2 is 2.12 bits per heavy atom. The van der Waals surface area contributed by atoms with E-state index in [2.05, 4.69) is 9.97 Å². The number of hydrogen-bond acceptors (Lipinski definition) is 5. The first-order valence-corrected chi connectivity index (χ1v) is 6.24. The number of furan rings is 1. The molecular formula is C9H10N3O4P. The van der Waals surface area contributed by atoms with E-state index in [1.165, 1.54) is 18.4 Å². The molecule has 17 heavy (non-hydrogen) atoms. The number of aromatic nitrogens is 2. The van der Waals surface area contributed by atoms with Crippen molar-refractivity contribution >= 4 is 18.8 Å². The van der Waals surface area contributed by atoms with Crippen LogP contribution in [0.1, 0.15) is 5.69 Å². The van der Waals surface area contributed by atoms with Crippen LogP contribution in [0.5, 0.6) is 0 Å². The molecule has 0 aliphatic carbocycles. The Hall–Kier alpha value is -1.69. The second kappa shape index (κ2) is 3.96. The summed E-state index contributed by atoms with van der Waals surface area (Å²) in [5.41, 5.74) is 6.30. The lowest BCUT2D eigenvalue weighted by Crippen LogP contribution is -2.06. The molecule has 0 aromatic carbocycles. The summed E-state index contributed by atoms with van der Waals surface area (Å²) < 4.78 is 16.3. The van der Waals surface area contributed by atoms with Gasteiger partial charge >= 0.3 is 7.60 Å². The zero-order chi connectivity index (χ0) is 12.6. The van der Waals surface area contributed by atoms with Crippen LogP contribution >= 0.6 is 7.60 Å². The molecule has 8 heteroatoms. The average molecular weight is 255 g/mol. The number of nitrogens with zero attached hydrogens (tertiary/aromatic N) is 2.